The van der Waals surface area contributed by atoms with Crippen LogP contribution in [0.15, 0.2) is 66.3 Å². The molecule has 4 rings (SSSR count). The van der Waals surface area contributed by atoms with Gasteiger partial charge in [-0.15, -0.1) is 11.3 Å². The van der Waals surface area contributed by atoms with Gasteiger partial charge in [0.25, 0.3) is 5.91 Å². The van der Waals surface area contributed by atoms with Gasteiger partial charge in [-0.2, -0.15) is 0 Å². The molecule has 4 aromatic rings. The quantitative estimate of drug-likeness (QED) is 0.474. The van der Waals surface area contributed by atoms with E-state index in [-0.39, 0.29) is 5.91 Å². The average molecular weight is 435 g/mol. The minimum atomic E-state index is -0.426. The number of nitrogens with one attached hydrogen (secondary N) is 1. The molecule has 2 heterocycles. The maximum absolute atomic E-state index is 13.1. The zero-order valence-corrected chi connectivity index (χ0v) is 18.2. The third kappa shape index (κ3) is 4.44. The van der Waals surface area contributed by atoms with Crippen LogP contribution < -0.4 is 14.8 Å². The van der Waals surface area contributed by atoms with E-state index in [2.05, 4.69) is 15.3 Å². The third-order valence-electron chi connectivity index (χ3n) is 4.92. The van der Waals surface area contributed by atoms with Crippen molar-refractivity contribution in [2.75, 3.05) is 14.2 Å². The predicted molar refractivity (Wildman–Crippen MR) is 120 cm³/mol. The number of aromatic nitrogens is 3. The number of ether oxygens (including phenoxy) is 2. The van der Waals surface area contributed by atoms with Crippen LogP contribution in [0.5, 0.6) is 11.5 Å². The average Bonchev–Trinajstić information content (AvgIpc) is 3.47. The van der Waals surface area contributed by atoms with Crippen molar-refractivity contribution in [3.8, 4) is 22.1 Å². The summed E-state index contributed by atoms with van der Waals surface area (Å²) in [5, 5.41) is 5.61. The van der Waals surface area contributed by atoms with Gasteiger partial charge in [0, 0.05) is 30.4 Å². The zero-order chi connectivity index (χ0) is 21.8. The predicted octanol–water partition coefficient (Wildman–Crippen LogP) is 4.08. The third-order valence-corrected chi connectivity index (χ3v) is 5.81. The lowest BCUT2D eigenvalue weighted by atomic mass is 10.1. The van der Waals surface area contributed by atoms with Gasteiger partial charge in [-0.3, -0.25) is 4.79 Å². The summed E-state index contributed by atoms with van der Waals surface area (Å²) in [7, 11) is 5.15. The first-order chi connectivity index (χ1) is 15.1. The highest BCUT2D eigenvalue weighted by molar-refractivity contribution is 7.13. The van der Waals surface area contributed by atoms with Crippen molar-refractivity contribution >= 4 is 17.2 Å². The molecule has 0 saturated carbocycles. The molecule has 1 N–H and O–H groups in total. The van der Waals surface area contributed by atoms with Crippen LogP contribution >= 0.6 is 11.3 Å². The largest absolute Gasteiger partial charge is 0.497 e. The molecule has 7 nitrogen and oxygen atoms in total. The Bertz CT molecular complexity index is 1170. The molecular formula is C23H22N4O3S. The van der Waals surface area contributed by atoms with Gasteiger partial charge in [-0.1, -0.05) is 12.1 Å². The van der Waals surface area contributed by atoms with Crippen molar-refractivity contribution in [3.63, 3.8) is 0 Å². The Morgan fingerprint density at radius 1 is 1.03 bits per heavy atom. The van der Waals surface area contributed by atoms with Gasteiger partial charge in [0.15, 0.2) is 0 Å². The van der Waals surface area contributed by atoms with Gasteiger partial charge in [0.05, 0.1) is 14.2 Å². The SMILES string of the molecule is COc1ccc(-c2nc(C(=O)NC(c3ccc(OC)cc3)c3nccn3C)cs2)cc1. The van der Waals surface area contributed by atoms with Crippen molar-refractivity contribution in [1.82, 2.24) is 19.9 Å². The Labute approximate surface area is 184 Å². The fourth-order valence-corrected chi connectivity index (χ4v) is 4.00. The molecule has 2 aromatic heterocycles. The number of imidazole rings is 1. The topological polar surface area (TPSA) is 78.3 Å². The van der Waals surface area contributed by atoms with Crippen LogP contribution in [0.25, 0.3) is 10.6 Å². The van der Waals surface area contributed by atoms with Gasteiger partial charge in [-0.25, -0.2) is 9.97 Å². The molecule has 1 unspecified atom stereocenters. The maximum Gasteiger partial charge on any atom is 0.271 e. The number of rotatable bonds is 7. The van der Waals surface area contributed by atoms with E-state index in [4.69, 9.17) is 9.47 Å². The van der Waals surface area contributed by atoms with Crippen LogP contribution in [0.2, 0.25) is 0 Å². The van der Waals surface area contributed by atoms with Crippen LogP contribution in [0.3, 0.4) is 0 Å². The van der Waals surface area contributed by atoms with E-state index in [1.165, 1.54) is 11.3 Å². The molecule has 2 aromatic carbocycles. The number of methoxy groups -OCH3 is 2. The lowest BCUT2D eigenvalue weighted by molar-refractivity contribution is 0.0937. The van der Waals surface area contributed by atoms with E-state index < -0.39 is 6.04 Å². The molecular weight excluding hydrogens is 412 g/mol. The first-order valence-corrected chi connectivity index (χ1v) is 10.5. The summed E-state index contributed by atoms with van der Waals surface area (Å²) in [5.41, 5.74) is 2.19. The fraction of sp³-hybridized carbons (Fsp3) is 0.174. The molecule has 0 radical (unpaired) electrons. The van der Waals surface area contributed by atoms with Gasteiger partial charge in [-0.05, 0) is 42.0 Å². The second kappa shape index (κ2) is 9.01. The van der Waals surface area contributed by atoms with E-state index in [1.807, 2.05) is 66.3 Å². The fourth-order valence-electron chi connectivity index (χ4n) is 3.20. The Kier molecular flexibility index (Phi) is 5.99. The summed E-state index contributed by atoms with van der Waals surface area (Å²) >= 11 is 1.42. The van der Waals surface area contributed by atoms with E-state index in [9.17, 15) is 4.79 Å². The minimum absolute atomic E-state index is 0.264. The first-order valence-electron chi connectivity index (χ1n) is 9.61. The zero-order valence-electron chi connectivity index (χ0n) is 17.4. The number of hydrogen-bond acceptors (Lipinski definition) is 6. The molecule has 0 saturated heterocycles. The molecule has 1 atom stereocenters. The summed E-state index contributed by atoms with van der Waals surface area (Å²) in [4.78, 5) is 22.0. The molecule has 1 amide bonds. The Morgan fingerprint density at radius 2 is 1.68 bits per heavy atom. The van der Waals surface area contributed by atoms with Crippen LogP contribution in [0.1, 0.15) is 27.9 Å². The number of amides is 1. The van der Waals surface area contributed by atoms with Gasteiger partial charge >= 0.3 is 0 Å². The molecule has 0 aliphatic heterocycles. The second-order valence-corrected chi connectivity index (χ2v) is 7.70. The highest BCUT2D eigenvalue weighted by atomic mass is 32.1. The van der Waals surface area contributed by atoms with Crippen molar-refractivity contribution in [2.24, 2.45) is 7.05 Å². The number of nitrogens with zero attached hydrogens (tertiary/aromatic N) is 3. The number of aryl methyl sites for hydroxylation is 1. The molecule has 8 heteroatoms. The van der Waals surface area contributed by atoms with E-state index in [0.717, 1.165) is 33.5 Å². The lowest BCUT2D eigenvalue weighted by Gasteiger charge is -2.19. The Hall–Kier alpha value is -3.65. The van der Waals surface area contributed by atoms with Crippen LogP contribution in [-0.4, -0.2) is 34.7 Å². The number of benzene rings is 2. The maximum atomic E-state index is 13.1. The van der Waals surface area contributed by atoms with Crippen LogP contribution in [-0.2, 0) is 7.05 Å². The summed E-state index contributed by atoms with van der Waals surface area (Å²) in [6, 6.07) is 14.7. The number of thiazole rings is 1. The van der Waals surface area contributed by atoms with Gasteiger partial charge in [0.2, 0.25) is 0 Å². The highest BCUT2D eigenvalue weighted by Gasteiger charge is 2.23. The van der Waals surface area contributed by atoms with E-state index >= 15 is 0 Å². The van der Waals surface area contributed by atoms with Crippen LogP contribution in [0.4, 0.5) is 0 Å². The Morgan fingerprint density at radius 3 is 2.26 bits per heavy atom. The van der Waals surface area contributed by atoms with E-state index in [0.29, 0.717) is 5.69 Å². The van der Waals surface area contributed by atoms with Gasteiger partial charge < -0.3 is 19.4 Å². The Balaban J connectivity index is 1.59. The molecule has 0 aliphatic carbocycles. The van der Waals surface area contributed by atoms with Crippen LogP contribution in [0, 0.1) is 0 Å². The molecule has 158 valence electrons. The van der Waals surface area contributed by atoms with Crippen molar-refractivity contribution in [1.29, 1.82) is 0 Å². The molecule has 0 bridgehead atoms. The minimum Gasteiger partial charge on any atom is -0.497 e. The van der Waals surface area contributed by atoms with Crippen molar-refractivity contribution < 1.29 is 14.3 Å². The molecule has 31 heavy (non-hydrogen) atoms. The number of carbonyl (C=O) groups excluding carboxylic acids is 1. The molecule has 0 spiro atoms. The monoisotopic (exact) mass is 434 g/mol. The second-order valence-electron chi connectivity index (χ2n) is 6.84. The number of hydrogen-bond donors (Lipinski definition) is 1. The summed E-state index contributed by atoms with van der Waals surface area (Å²) in [6.07, 6.45) is 3.56. The summed E-state index contributed by atoms with van der Waals surface area (Å²) < 4.78 is 12.3. The normalized spacial score (nSPS) is 11.7. The first kappa shape index (κ1) is 20.6. The summed E-state index contributed by atoms with van der Waals surface area (Å²) in [6.45, 7) is 0. The highest BCUT2D eigenvalue weighted by Crippen LogP contribution is 2.27. The molecule has 0 fully saturated rings. The molecule has 0 aliphatic rings. The lowest BCUT2D eigenvalue weighted by Crippen LogP contribution is -2.31. The van der Waals surface area contributed by atoms with Crippen molar-refractivity contribution in [2.45, 2.75) is 6.04 Å². The smallest absolute Gasteiger partial charge is 0.271 e. The van der Waals surface area contributed by atoms with Gasteiger partial charge in [0.1, 0.15) is 34.1 Å². The summed E-state index contributed by atoms with van der Waals surface area (Å²) in [5.74, 6) is 1.98. The number of carbonyl (C=O) groups is 1. The standard InChI is InChI=1S/C23H22N4O3S/c1-27-13-12-24-21(27)20(15-4-8-17(29-2)9-5-15)26-22(28)19-14-31-23(25-19)16-6-10-18(30-3)11-7-16/h4-14,20H,1-3H3,(H,26,28). The van der Waals surface area contributed by atoms with Crippen molar-refractivity contribution in [3.05, 3.63) is 83.4 Å². The van der Waals surface area contributed by atoms with E-state index in [1.54, 1.807) is 25.8 Å².